The second-order valence-corrected chi connectivity index (χ2v) is 7.06. The van der Waals surface area contributed by atoms with Crippen LogP contribution < -0.4 is 11.1 Å². The molecule has 2 atom stereocenters. The summed E-state index contributed by atoms with van der Waals surface area (Å²) in [5.41, 5.74) is 5.74. The molecule has 0 radical (unpaired) electrons. The second-order valence-electron chi connectivity index (χ2n) is 6.27. The zero-order valence-corrected chi connectivity index (χ0v) is 15.2. The highest BCUT2D eigenvalue weighted by molar-refractivity contribution is 6.44. The Hall–Kier alpha value is -1.30. The Labute approximate surface area is 152 Å². The number of anilines is 1. The van der Waals surface area contributed by atoms with Crippen LogP contribution in [0.25, 0.3) is 0 Å². The van der Waals surface area contributed by atoms with Gasteiger partial charge in [-0.05, 0) is 50.8 Å². The van der Waals surface area contributed by atoms with Gasteiger partial charge >= 0.3 is 0 Å². The maximum Gasteiger partial charge on any atom is 0.241 e. The maximum atomic E-state index is 12.5. The Morgan fingerprint density at radius 1 is 1.42 bits per heavy atom. The van der Waals surface area contributed by atoms with Crippen LogP contribution in [0.4, 0.5) is 5.69 Å². The normalized spacial score (nSPS) is 19.7. The van der Waals surface area contributed by atoms with Crippen molar-refractivity contribution in [3.63, 3.8) is 0 Å². The van der Waals surface area contributed by atoms with Crippen molar-refractivity contribution in [3.05, 3.63) is 28.2 Å². The SMILES string of the molecule is CC(C(=O)Nc1cccc(Cl)c1Cl)N1CCCC(CCC(N)=O)C1. The highest BCUT2D eigenvalue weighted by atomic mass is 35.5. The largest absolute Gasteiger partial charge is 0.370 e. The summed E-state index contributed by atoms with van der Waals surface area (Å²) < 4.78 is 0. The van der Waals surface area contributed by atoms with Crippen molar-refractivity contribution < 1.29 is 9.59 Å². The number of primary amides is 1. The number of carbonyl (C=O) groups is 2. The van der Waals surface area contributed by atoms with Gasteiger partial charge in [-0.3, -0.25) is 14.5 Å². The minimum Gasteiger partial charge on any atom is -0.370 e. The van der Waals surface area contributed by atoms with Crippen molar-refractivity contribution >= 4 is 40.7 Å². The Bertz CT molecular complexity index is 609. The molecular formula is C17H23Cl2N3O2. The number of amides is 2. The summed E-state index contributed by atoms with van der Waals surface area (Å²) in [4.78, 5) is 25.6. The van der Waals surface area contributed by atoms with Gasteiger partial charge in [0, 0.05) is 13.0 Å². The zero-order valence-electron chi connectivity index (χ0n) is 13.7. The van der Waals surface area contributed by atoms with E-state index >= 15 is 0 Å². The number of hydrogen-bond acceptors (Lipinski definition) is 3. The van der Waals surface area contributed by atoms with Gasteiger partial charge in [0.05, 0.1) is 21.8 Å². The van der Waals surface area contributed by atoms with E-state index in [1.165, 1.54) is 0 Å². The first-order chi connectivity index (χ1) is 11.4. The number of carbonyl (C=O) groups excluding carboxylic acids is 2. The van der Waals surface area contributed by atoms with Crippen molar-refractivity contribution in [2.24, 2.45) is 11.7 Å². The van der Waals surface area contributed by atoms with Crippen LogP contribution >= 0.6 is 23.2 Å². The monoisotopic (exact) mass is 371 g/mol. The van der Waals surface area contributed by atoms with Crippen molar-refractivity contribution in [1.82, 2.24) is 4.90 Å². The van der Waals surface area contributed by atoms with Gasteiger partial charge in [0.1, 0.15) is 0 Å². The summed E-state index contributed by atoms with van der Waals surface area (Å²) in [6.45, 7) is 3.54. The molecule has 5 nitrogen and oxygen atoms in total. The molecular weight excluding hydrogens is 349 g/mol. The summed E-state index contributed by atoms with van der Waals surface area (Å²) in [5, 5.41) is 3.60. The van der Waals surface area contributed by atoms with Crippen LogP contribution in [0.15, 0.2) is 18.2 Å². The molecule has 3 N–H and O–H groups in total. The van der Waals surface area contributed by atoms with Crippen molar-refractivity contribution in [3.8, 4) is 0 Å². The summed E-state index contributed by atoms with van der Waals surface area (Å²) in [7, 11) is 0. The van der Waals surface area contributed by atoms with Gasteiger partial charge in [0.15, 0.2) is 0 Å². The van der Waals surface area contributed by atoms with E-state index in [0.29, 0.717) is 28.1 Å². The Balaban J connectivity index is 1.94. The number of piperidine rings is 1. The van der Waals surface area contributed by atoms with Crippen LogP contribution in [0.3, 0.4) is 0 Å². The van der Waals surface area contributed by atoms with Gasteiger partial charge in [-0.1, -0.05) is 29.3 Å². The zero-order chi connectivity index (χ0) is 17.7. The molecule has 1 aliphatic heterocycles. The molecule has 7 heteroatoms. The molecule has 1 aliphatic rings. The van der Waals surface area contributed by atoms with Crippen LogP contribution in [0.5, 0.6) is 0 Å². The smallest absolute Gasteiger partial charge is 0.241 e. The molecule has 0 aromatic heterocycles. The number of rotatable bonds is 6. The third-order valence-electron chi connectivity index (χ3n) is 4.49. The fourth-order valence-corrected chi connectivity index (χ4v) is 3.38. The fraction of sp³-hybridized carbons (Fsp3) is 0.529. The van der Waals surface area contributed by atoms with E-state index in [2.05, 4.69) is 10.2 Å². The van der Waals surface area contributed by atoms with E-state index in [9.17, 15) is 9.59 Å². The summed E-state index contributed by atoms with van der Waals surface area (Å²) in [6.07, 6.45) is 3.26. The van der Waals surface area contributed by atoms with Crippen molar-refractivity contribution in [1.29, 1.82) is 0 Å². The number of nitrogens with one attached hydrogen (secondary N) is 1. The lowest BCUT2D eigenvalue weighted by Crippen LogP contribution is -2.47. The Kier molecular flexibility index (Phi) is 6.90. The molecule has 2 amide bonds. The van der Waals surface area contributed by atoms with Gasteiger partial charge < -0.3 is 11.1 Å². The molecule has 0 bridgehead atoms. The minimum absolute atomic E-state index is 0.116. The number of halogens is 2. The number of nitrogens with two attached hydrogens (primary N) is 1. The highest BCUT2D eigenvalue weighted by Gasteiger charge is 2.27. The van der Waals surface area contributed by atoms with Gasteiger partial charge in [0.25, 0.3) is 0 Å². The molecule has 0 aliphatic carbocycles. The molecule has 1 saturated heterocycles. The van der Waals surface area contributed by atoms with Crippen LogP contribution in [0, 0.1) is 5.92 Å². The average molecular weight is 372 g/mol. The second kappa shape index (κ2) is 8.70. The number of hydrogen-bond donors (Lipinski definition) is 2. The Morgan fingerprint density at radius 3 is 2.88 bits per heavy atom. The van der Waals surface area contributed by atoms with Crippen LogP contribution in [0.2, 0.25) is 10.0 Å². The Morgan fingerprint density at radius 2 is 2.17 bits per heavy atom. The van der Waals surface area contributed by atoms with Gasteiger partial charge in [-0.15, -0.1) is 0 Å². The molecule has 1 fully saturated rings. The molecule has 1 heterocycles. The lowest BCUT2D eigenvalue weighted by atomic mass is 9.92. The summed E-state index contributed by atoms with van der Waals surface area (Å²) in [6, 6.07) is 4.87. The van der Waals surface area contributed by atoms with Crippen molar-refractivity contribution in [2.75, 3.05) is 18.4 Å². The van der Waals surface area contributed by atoms with Crippen LogP contribution in [-0.4, -0.2) is 35.8 Å². The van der Waals surface area contributed by atoms with E-state index in [0.717, 1.165) is 32.4 Å². The quantitative estimate of drug-likeness (QED) is 0.805. The first-order valence-corrected chi connectivity index (χ1v) is 8.91. The predicted molar refractivity (Wildman–Crippen MR) is 97.3 cm³/mol. The van der Waals surface area contributed by atoms with E-state index in [1.807, 2.05) is 6.92 Å². The molecule has 1 aromatic carbocycles. The van der Waals surface area contributed by atoms with E-state index in [4.69, 9.17) is 28.9 Å². The molecule has 1 aromatic rings. The topological polar surface area (TPSA) is 75.4 Å². The molecule has 132 valence electrons. The maximum absolute atomic E-state index is 12.5. The molecule has 24 heavy (non-hydrogen) atoms. The van der Waals surface area contributed by atoms with Gasteiger partial charge in [-0.25, -0.2) is 0 Å². The van der Waals surface area contributed by atoms with E-state index < -0.39 is 0 Å². The first-order valence-electron chi connectivity index (χ1n) is 8.15. The van der Waals surface area contributed by atoms with Gasteiger partial charge in [-0.2, -0.15) is 0 Å². The van der Waals surface area contributed by atoms with E-state index in [1.54, 1.807) is 18.2 Å². The molecule has 0 spiro atoms. The summed E-state index contributed by atoms with van der Waals surface area (Å²) in [5.74, 6) is 0.0134. The lowest BCUT2D eigenvalue weighted by Gasteiger charge is -2.36. The standard InChI is InChI=1S/C17H23Cl2N3O2/c1-11(17(24)21-14-6-2-5-13(18)16(14)19)22-9-3-4-12(10-22)7-8-15(20)23/h2,5-6,11-12H,3-4,7-10H2,1H3,(H2,20,23)(H,21,24). The third-order valence-corrected chi connectivity index (χ3v) is 5.30. The number of benzene rings is 1. The van der Waals surface area contributed by atoms with Crippen molar-refractivity contribution in [2.45, 2.75) is 38.6 Å². The lowest BCUT2D eigenvalue weighted by molar-refractivity contribution is -0.122. The van der Waals surface area contributed by atoms with E-state index in [-0.39, 0.29) is 17.9 Å². The summed E-state index contributed by atoms with van der Waals surface area (Å²) >= 11 is 12.1. The average Bonchev–Trinajstić information content (AvgIpc) is 2.56. The predicted octanol–water partition coefficient (Wildman–Crippen LogP) is 3.30. The fourth-order valence-electron chi connectivity index (χ4n) is 3.03. The molecule has 0 saturated carbocycles. The number of nitrogens with zero attached hydrogens (tertiary/aromatic N) is 1. The number of likely N-dealkylation sites (tertiary alicyclic amines) is 1. The minimum atomic E-state index is -0.281. The first kappa shape index (κ1) is 19.0. The van der Waals surface area contributed by atoms with Gasteiger partial charge in [0.2, 0.25) is 11.8 Å². The molecule has 2 unspecified atom stereocenters. The van der Waals surface area contributed by atoms with Crippen LogP contribution in [-0.2, 0) is 9.59 Å². The van der Waals surface area contributed by atoms with Crippen LogP contribution in [0.1, 0.15) is 32.6 Å². The molecule has 2 rings (SSSR count). The third kappa shape index (κ3) is 5.10. The highest BCUT2D eigenvalue weighted by Crippen LogP contribution is 2.30.